The van der Waals surface area contributed by atoms with Crippen molar-refractivity contribution in [2.75, 3.05) is 0 Å². The van der Waals surface area contributed by atoms with E-state index in [2.05, 4.69) is 10.0 Å². The predicted molar refractivity (Wildman–Crippen MR) is 121 cm³/mol. The molecular weight excluding hydrogens is 408 g/mol. The molecule has 0 bridgehead atoms. The Balaban J connectivity index is 1.38. The van der Waals surface area contributed by atoms with Gasteiger partial charge in [-0.1, -0.05) is 72.8 Å². The number of hydrogen-bond acceptors (Lipinski definition) is 3. The van der Waals surface area contributed by atoms with Gasteiger partial charge in [0.05, 0.1) is 4.90 Å². The lowest BCUT2D eigenvalue weighted by Gasteiger charge is -2.18. The standard InChI is InChI=1S/C25H26N2O3S/c28-25(17-24(20-7-3-1-4-8-20)21-9-5-2-6-10-21)26-18-19-11-15-23(16-12-19)31(29,30)27-22-13-14-22/h1-12,15-16,22,24,27H,13-14,17-18H2,(H,26,28). The van der Waals surface area contributed by atoms with Crippen LogP contribution in [0.4, 0.5) is 0 Å². The molecular formula is C25H26N2O3S. The molecule has 0 aromatic heterocycles. The van der Waals surface area contributed by atoms with E-state index in [4.69, 9.17) is 0 Å². The zero-order valence-corrected chi connectivity index (χ0v) is 18.0. The average Bonchev–Trinajstić information content (AvgIpc) is 3.61. The second kappa shape index (κ2) is 9.45. The largest absolute Gasteiger partial charge is 0.352 e. The topological polar surface area (TPSA) is 75.3 Å². The van der Waals surface area contributed by atoms with Crippen LogP contribution in [0.5, 0.6) is 0 Å². The number of benzene rings is 3. The van der Waals surface area contributed by atoms with Crippen molar-refractivity contribution in [2.24, 2.45) is 0 Å². The van der Waals surface area contributed by atoms with Gasteiger partial charge >= 0.3 is 0 Å². The quantitative estimate of drug-likeness (QED) is 0.535. The van der Waals surface area contributed by atoms with Crippen LogP contribution in [0.3, 0.4) is 0 Å². The summed E-state index contributed by atoms with van der Waals surface area (Å²) in [4.78, 5) is 13.0. The molecule has 1 saturated carbocycles. The summed E-state index contributed by atoms with van der Waals surface area (Å²) in [5.74, 6) is -0.0757. The van der Waals surface area contributed by atoms with Gasteiger partial charge in [0.25, 0.3) is 0 Å². The van der Waals surface area contributed by atoms with Crippen molar-refractivity contribution in [3.63, 3.8) is 0 Å². The minimum atomic E-state index is -3.46. The Morgan fingerprint density at radius 2 is 1.39 bits per heavy atom. The lowest BCUT2D eigenvalue weighted by atomic mass is 9.88. The molecule has 0 unspecified atom stereocenters. The molecule has 3 aromatic carbocycles. The Hall–Kier alpha value is -2.96. The van der Waals surface area contributed by atoms with E-state index < -0.39 is 10.0 Å². The van der Waals surface area contributed by atoms with Gasteiger partial charge in [0.2, 0.25) is 15.9 Å². The van der Waals surface area contributed by atoms with Crippen LogP contribution < -0.4 is 10.0 Å². The molecule has 3 aromatic rings. The summed E-state index contributed by atoms with van der Waals surface area (Å²) in [7, 11) is -3.46. The molecule has 0 spiro atoms. The number of sulfonamides is 1. The predicted octanol–water partition coefficient (Wildman–Crippen LogP) is 3.97. The van der Waals surface area contributed by atoms with Crippen molar-refractivity contribution in [3.8, 4) is 0 Å². The van der Waals surface area contributed by atoms with Crippen LogP contribution in [-0.4, -0.2) is 20.4 Å². The van der Waals surface area contributed by atoms with Crippen molar-refractivity contribution in [1.82, 2.24) is 10.0 Å². The zero-order chi connectivity index (χ0) is 21.7. The molecule has 31 heavy (non-hydrogen) atoms. The first-order chi connectivity index (χ1) is 15.0. The van der Waals surface area contributed by atoms with E-state index in [1.807, 2.05) is 60.7 Å². The van der Waals surface area contributed by atoms with Gasteiger partial charge in [-0.15, -0.1) is 0 Å². The lowest BCUT2D eigenvalue weighted by molar-refractivity contribution is -0.121. The maximum absolute atomic E-state index is 12.7. The summed E-state index contributed by atoms with van der Waals surface area (Å²) >= 11 is 0. The zero-order valence-electron chi connectivity index (χ0n) is 17.2. The second-order valence-electron chi connectivity index (χ2n) is 7.89. The van der Waals surface area contributed by atoms with Crippen LogP contribution in [0.25, 0.3) is 0 Å². The highest BCUT2D eigenvalue weighted by Crippen LogP contribution is 2.28. The number of carbonyl (C=O) groups excluding carboxylic acids is 1. The van der Waals surface area contributed by atoms with Crippen LogP contribution >= 0.6 is 0 Å². The van der Waals surface area contributed by atoms with Gasteiger partial charge in [-0.25, -0.2) is 13.1 Å². The van der Waals surface area contributed by atoms with E-state index in [0.29, 0.717) is 13.0 Å². The van der Waals surface area contributed by atoms with Crippen LogP contribution in [0.1, 0.15) is 41.9 Å². The van der Waals surface area contributed by atoms with E-state index in [1.165, 1.54) is 0 Å². The van der Waals surface area contributed by atoms with Gasteiger partial charge in [-0.2, -0.15) is 0 Å². The highest BCUT2D eigenvalue weighted by molar-refractivity contribution is 7.89. The Labute approximate surface area is 183 Å². The third kappa shape index (κ3) is 5.81. The normalized spacial score (nSPS) is 13.8. The van der Waals surface area contributed by atoms with E-state index in [1.54, 1.807) is 24.3 Å². The molecule has 1 aliphatic rings. The number of hydrogen-bond donors (Lipinski definition) is 2. The fourth-order valence-corrected chi connectivity index (χ4v) is 4.84. The SMILES string of the molecule is O=C(CC(c1ccccc1)c1ccccc1)NCc1ccc(S(=O)(=O)NC2CC2)cc1. The van der Waals surface area contributed by atoms with E-state index >= 15 is 0 Å². The Morgan fingerprint density at radius 1 is 0.839 bits per heavy atom. The molecule has 0 heterocycles. The van der Waals surface area contributed by atoms with Gasteiger partial charge in [-0.05, 0) is 41.7 Å². The fraction of sp³-hybridized carbons (Fsp3) is 0.240. The number of amides is 1. The van der Waals surface area contributed by atoms with E-state index in [0.717, 1.165) is 29.5 Å². The van der Waals surface area contributed by atoms with Crippen LogP contribution in [-0.2, 0) is 21.4 Å². The van der Waals surface area contributed by atoms with Crippen molar-refractivity contribution in [2.45, 2.75) is 42.7 Å². The summed E-state index contributed by atoms with van der Waals surface area (Å²) < 4.78 is 27.2. The average molecular weight is 435 g/mol. The summed E-state index contributed by atoms with van der Waals surface area (Å²) in [5.41, 5.74) is 3.05. The van der Waals surface area contributed by atoms with Crippen LogP contribution in [0, 0.1) is 0 Å². The molecule has 5 nitrogen and oxygen atoms in total. The minimum Gasteiger partial charge on any atom is -0.352 e. The molecule has 0 aliphatic heterocycles. The molecule has 0 radical (unpaired) electrons. The molecule has 0 atom stereocenters. The maximum Gasteiger partial charge on any atom is 0.240 e. The maximum atomic E-state index is 12.7. The summed E-state index contributed by atoms with van der Waals surface area (Å²) in [5, 5.41) is 2.97. The smallest absolute Gasteiger partial charge is 0.240 e. The van der Waals surface area contributed by atoms with Gasteiger partial charge in [0.15, 0.2) is 0 Å². The molecule has 1 fully saturated rings. The molecule has 1 amide bonds. The number of rotatable bonds is 9. The van der Waals surface area contributed by atoms with Gasteiger partial charge in [-0.3, -0.25) is 4.79 Å². The molecule has 2 N–H and O–H groups in total. The molecule has 4 rings (SSSR count). The third-order valence-corrected chi connectivity index (χ3v) is 6.95. The number of nitrogens with one attached hydrogen (secondary N) is 2. The monoisotopic (exact) mass is 434 g/mol. The van der Waals surface area contributed by atoms with E-state index in [9.17, 15) is 13.2 Å². The number of carbonyl (C=O) groups is 1. The highest BCUT2D eigenvalue weighted by atomic mass is 32.2. The summed E-state index contributed by atoms with van der Waals surface area (Å²) in [6.45, 7) is 0.353. The third-order valence-electron chi connectivity index (χ3n) is 5.42. The lowest BCUT2D eigenvalue weighted by Crippen LogP contribution is -2.26. The van der Waals surface area contributed by atoms with Crippen molar-refractivity contribution in [1.29, 1.82) is 0 Å². The molecule has 6 heteroatoms. The van der Waals surface area contributed by atoms with Gasteiger partial charge < -0.3 is 5.32 Å². The van der Waals surface area contributed by atoms with Crippen LogP contribution in [0.15, 0.2) is 89.8 Å². The Morgan fingerprint density at radius 3 is 1.90 bits per heavy atom. The van der Waals surface area contributed by atoms with Crippen LogP contribution in [0.2, 0.25) is 0 Å². The van der Waals surface area contributed by atoms with Crippen molar-refractivity contribution < 1.29 is 13.2 Å². The second-order valence-corrected chi connectivity index (χ2v) is 9.61. The van der Waals surface area contributed by atoms with Crippen molar-refractivity contribution >= 4 is 15.9 Å². The minimum absolute atomic E-state index is 0.0246. The van der Waals surface area contributed by atoms with E-state index in [-0.39, 0.29) is 22.8 Å². The molecule has 160 valence electrons. The summed E-state index contributed by atoms with van der Waals surface area (Å²) in [6, 6.07) is 26.8. The Kier molecular flexibility index (Phi) is 6.49. The first-order valence-electron chi connectivity index (χ1n) is 10.5. The van der Waals surface area contributed by atoms with Gasteiger partial charge in [0.1, 0.15) is 0 Å². The van der Waals surface area contributed by atoms with Gasteiger partial charge in [0, 0.05) is 24.9 Å². The summed E-state index contributed by atoms with van der Waals surface area (Å²) in [6.07, 6.45) is 2.14. The first kappa shape index (κ1) is 21.3. The Bertz CT molecular complexity index is 1070. The molecule has 1 aliphatic carbocycles. The van der Waals surface area contributed by atoms with Crippen molar-refractivity contribution in [3.05, 3.63) is 102 Å². The fourth-order valence-electron chi connectivity index (χ4n) is 3.53. The molecule has 0 saturated heterocycles. The highest BCUT2D eigenvalue weighted by Gasteiger charge is 2.27. The first-order valence-corrected chi connectivity index (χ1v) is 12.0.